The molecule has 0 spiro atoms. The van der Waals surface area contributed by atoms with Crippen molar-refractivity contribution >= 4 is 5.97 Å². The summed E-state index contributed by atoms with van der Waals surface area (Å²) in [5, 5.41) is 0. The highest BCUT2D eigenvalue weighted by Gasteiger charge is 2.24. The fourth-order valence-corrected chi connectivity index (χ4v) is 1.45. The summed E-state index contributed by atoms with van der Waals surface area (Å²) in [5.41, 5.74) is 1.40. The van der Waals surface area contributed by atoms with Gasteiger partial charge in [-0.25, -0.2) is 0 Å². The van der Waals surface area contributed by atoms with Crippen molar-refractivity contribution < 1.29 is 9.53 Å². The minimum absolute atomic E-state index is 0.134. The molecule has 16 heavy (non-hydrogen) atoms. The number of esters is 1. The highest BCUT2D eigenvalue weighted by molar-refractivity contribution is 5.69. The molecule has 1 aromatic carbocycles. The van der Waals surface area contributed by atoms with Crippen LogP contribution in [0.25, 0.3) is 0 Å². The number of hydrogen-bond acceptors (Lipinski definition) is 2. The normalized spacial score (nSPS) is 11.6. The van der Waals surface area contributed by atoms with Gasteiger partial charge in [-0.2, -0.15) is 0 Å². The maximum absolute atomic E-state index is 10.8. The Kier molecular flexibility index (Phi) is 3.74. The van der Waals surface area contributed by atoms with E-state index in [4.69, 9.17) is 4.74 Å². The highest BCUT2D eigenvalue weighted by Crippen LogP contribution is 2.32. The van der Waals surface area contributed by atoms with Gasteiger partial charge in [0.05, 0.1) is 0 Å². The summed E-state index contributed by atoms with van der Waals surface area (Å²) in [7, 11) is 0. The Hall–Kier alpha value is -1.31. The van der Waals surface area contributed by atoms with Crippen molar-refractivity contribution in [3.05, 3.63) is 29.8 Å². The van der Waals surface area contributed by atoms with Gasteiger partial charge in [0.1, 0.15) is 5.75 Å². The van der Waals surface area contributed by atoms with Crippen molar-refractivity contribution in [2.24, 2.45) is 5.92 Å². The number of rotatable bonds is 3. The molecule has 0 saturated carbocycles. The van der Waals surface area contributed by atoms with Crippen molar-refractivity contribution in [1.29, 1.82) is 0 Å². The van der Waals surface area contributed by atoms with E-state index in [9.17, 15) is 4.79 Å². The summed E-state index contributed by atoms with van der Waals surface area (Å²) in [4.78, 5) is 10.8. The third-order valence-corrected chi connectivity index (χ3v) is 3.30. The average Bonchev–Trinajstić information content (AvgIpc) is 2.17. The van der Waals surface area contributed by atoms with Gasteiger partial charge in [-0.05, 0) is 29.0 Å². The van der Waals surface area contributed by atoms with E-state index in [0.29, 0.717) is 11.7 Å². The lowest BCUT2D eigenvalue weighted by Gasteiger charge is -2.29. The smallest absolute Gasteiger partial charge is 0.308 e. The van der Waals surface area contributed by atoms with Crippen molar-refractivity contribution in [3.63, 3.8) is 0 Å². The Bertz CT molecular complexity index is 361. The van der Waals surface area contributed by atoms with E-state index in [1.807, 2.05) is 24.3 Å². The molecule has 0 unspecified atom stereocenters. The Morgan fingerprint density at radius 2 is 1.69 bits per heavy atom. The Balaban J connectivity index is 2.90. The zero-order chi connectivity index (χ0) is 12.3. The van der Waals surface area contributed by atoms with E-state index < -0.39 is 0 Å². The van der Waals surface area contributed by atoms with Crippen LogP contribution < -0.4 is 4.74 Å². The van der Waals surface area contributed by atoms with Crippen molar-refractivity contribution in [2.75, 3.05) is 0 Å². The molecular weight excluding hydrogens is 200 g/mol. The lowest BCUT2D eigenvalue weighted by Crippen LogP contribution is -2.24. The van der Waals surface area contributed by atoms with Crippen LogP contribution in [0.3, 0.4) is 0 Å². The van der Waals surface area contributed by atoms with Crippen LogP contribution in [0.4, 0.5) is 0 Å². The van der Waals surface area contributed by atoms with E-state index >= 15 is 0 Å². The summed E-state index contributed by atoms with van der Waals surface area (Å²) in [6.45, 7) is 10.3. The molecule has 88 valence electrons. The maximum atomic E-state index is 10.8. The molecule has 0 atom stereocenters. The van der Waals surface area contributed by atoms with Gasteiger partial charge in [-0.1, -0.05) is 39.8 Å². The molecule has 0 amide bonds. The Morgan fingerprint density at radius 1 is 1.19 bits per heavy atom. The van der Waals surface area contributed by atoms with Crippen LogP contribution in [0.2, 0.25) is 0 Å². The van der Waals surface area contributed by atoms with Crippen LogP contribution in [0.15, 0.2) is 24.3 Å². The van der Waals surface area contributed by atoms with Crippen LogP contribution in [0, 0.1) is 5.92 Å². The average molecular weight is 220 g/mol. The summed E-state index contributed by atoms with van der Waals surface area (Å²) in [6, 6.07) is 7.75. The first kappa shape index (κ1) is 12.8. The van der Waals surface area contributed by atoms with Gasteiger partial charge < -0.3 is 4.74 Å². The van der Waals surface area contributed by atoms with Gasteiger partial charge in [0.2, 0.25) is 0 Å². The second kappa shape index (κ2) is 4.69. The van der Waals surface area contributed by atoms with Crippen molar-refractivity contribution in [2.45, 2.75) is 40.0 Å². The molecule has 2 heteroatoms. The highest BCUT2D eigenvalue weighted by atomic mass is 16.5. The summed E-state index contributed by atoms with van der Waals surface area (Å²) in [5.74, 6) is 0.888. The second-order valence-electron chi connectivity index (χ2n) is 4.99. The van der Waals surface area contributed by atoms with Gasteiger partial charge in [-0.15, -0.1) is 0 Å². The molecule has 1 aromatic rings. The zero-order valence-electron chi connectivity index (χ0n) is 10.7. The largest absolute Gasteiger partial charge is 0.427 e. The van der Waals surface area contributed by atoms with Crippen molar-refractivity contribution in [3.8, 4) is 5.75 Å². The lowest BCUT2D eigenvalue weighted by molar-refractivity contribution is -0.131. The summed E-state index contributed by atoms with van der Waals surface area (Å²) in [6.07, 6.45) is 0. The summed E-state index contributed by atoms with van der Waals surface area (Å²) >= 11 is 0. The zero-order valence-corrected chi connectivity index (χ0v) is 10.7. The van der Waals surface area contributed by atoms with Gasteiger partial charge in [0.25, 0.3) is 0 Å². The fraction of sp³-hybridized carbons (Fsp3) is 0.500. The molecule has 0 fully saturated rings. The van der Waals surface area contributed by atoms with Crippen LogP contribution >= 0.6 is 0 Å². The topological polar surface area (TPSA) is 26.3 Å². The molecule has 0 aliphatic carbocycles. The fourth-order valence-electron chi connectivity index (χ4n) is 1.45. The molecule has 0 saturated heterocycles. The molecule has 0 aliphatic heterocycles. The predicted octanol–water partition coefficient (Wildman–Crippen LogP) is 3.55. The predicted molar refractivity (Wildman–Crippen MR) is 65.6 cm³/mol. The SMILES string of the molecule is CC(=O)Oc1ccc(C(C)(C)C(C)C)cc1. The molecule has 0 radical (unpaired) electrons. The third-order valence-electron chi connectivity index (χ3n) is 3.30. The minimum Gasteiger partial charge on any atom is -0.427 e. The molecule has 0 heterocycles. The number of benzene rings is 1. The van der Waals surface area contributed by atoms with Crippen LogP contribution in [-0.2, 0) is 10.2 Å². The molecule has 0 bridgehead atoms. The molecule has 2 nitrogen and oxygen atoms in total. The van der Waals surface area contributed by atoms with E-state index in [0.717, 1.165) is 0 Å². The molecule has 0 N–H and O–H groups in total. The second-order valence-corrected chi connectivity index (χ2v) is 4.99. The molecule has 1 rings (SSSR count). The maximum Gasteiger partial charge on any atom is 0.308 e. The van der Waals surface area contributed by atoms with Crippen LogP contribution in [0.1, 0.15) is 40.2 Å². The molecule has 0 aromatic heterocycles. The third kappa shape index (κ3) is 2.84. The number of ether oxygens (including phenoxy) is 1. The number of carbonyl (C=O) groups excluding carboxylic acids is 1. The van der Waals surface area contributed by atoms with Gasteiger partial charge in [0, 0.05) is 6.92 Å². The monoisotopic (exact) mass is 220 g/mol. The first-order chi connectivity index (χ1) is 7.34. The number of carbonyl (C=O) groups is 1. The Labute approximate surface area is 97.6 Å². The van der Waals surface area contributed by atoms with E-state index in [1.54, 1.807) is 0 Å². The van der Waals surface area contributed by atoms with Crippen molar-refractivity contribution in [1.82, 2.24) is 0 Å². The van der Waals surface area contributed by atoms with Gasteiger partial charge >= 0.3 is 5.97 Å². The first-order valence-corrected chi connectivity index (χ1v) is 5.63. The van der Waals surface area contributed by atoms with E-state index in [2.05, 4.69) is 27.7 Å². The number of hydrogen-bond donors (Lipinski definition) is 0. The minimum atomic E-state index is -0.282. The first-order valence-electron chi connectivity index (χ1n) is 5.63. The van der Waals surface area contributed by atoms with E-state index in [-0.39, 0.29) is 11.4 Å². The molecular formula is C14H20O2. The van der Waals surface area contributed by atoms with Crippen LogP contribution in [-0.4, -0.2) is 5.97 Å². The van der Waals surface area contributed by atoms with Gasteiger partial charge in [0.15, 0.2) is 0 Å². The van der Waals surface area contributed by atoms with E-state index in [1.165, 1.54) is 12.5 Å². The van der Waals surface area contributed by atoms with Crippen LogP contribution in [0.5, 0.6) is 5.75 Å². The molecule has 0 aliphatic rings. The standard InChI is InChI=1S/C14H20O2/c1-10(2)14(4,5)12-6-8-13(9-7-12)16-11(3)15/h6-10H,1-5H3. The lowest BCUT2D eigenvalue weighted by atomic mass is 9.75. The quantitative estimate of drug-likeness (QED) is 0.575. The Morgan fingerprint density at radius 3 is 2.06 bits per heavy atom. The summed E-state index contributed by atoms with van der Waals surface area (Å²) < 4.78 is 5.00. The van der Waals surface area contributed by atoms with Gasteiger partial charge in [-0.3, -0.25) is 4.79 Å².